The summed E-state index contributed by atoms with van der Waals surface area (Å²) in [6, 6.07) is 25.4. The number of ether oxygens (including phenoxy) is 1. The molecule has 0 heterocycles. The van der Waals surface area contributed by atoms with Gasteiger partial charge in [-0.05, 0) is 67.3 Å². The Balaban J connectivity index is 0.00000176. The van der Waals surface area contributed by atoms with Crippen molar-refractivity contribution in [3.63, 3.8) is 0 Å². The lowest BCUT2D eigenvalue weighted by atomic mass is 9.67. The summed E-state index contributed by atoms with van der Waals surface area (Å²) in [5.74, 6) is -0.485. The topological polar surface area (TPSA) is 43.4 Å². The second-order valence-corrected chi connectivity index (χ2v) is 9.35. The number of hydrogen-bond acceptors (Lipinski definition) is 3. The van der Waals surface area contributed by atoms with Crippen LogP contribution in [0.4, 0.5) is 4.39 Å². The van der Waals surface area contributed by atoms with Crippen molar-refractivity contribution in [2.45, 2.75) is 47.6 Å². The maximum Gasteiger partial charge on any atom is 0.157 e. The van der Waals surface area contributed by atoms with E-state index in [1.807, 2.05) is 95.3 Å². The quantitative estimate of drug-likeness (QED) is 0.322. The van der Waals surface area contributed by atoms with E-state index >= 15 is 0 Å². The summed E-state index contributed by atoms with van der Waals surface area (Å²) < 4.78 is 19.7. The molecular formula is C32H35FO3. The van der Waals surface area contributed by atoms with Gasteiger partial charge in [0.1, 0.15) is 24.0 Å². The van der Waals surface area contributed by atoms with Gasteiger partial charge >= 0.3 is 0 Å². The molecular weight excluding hydrogens is 451 g/mol. The summed E-state index contributed by atoms with van der Waals surface area (Å²) in [6.45, 7) is 11.4. The van der Waals surface area contributed by atoms with E-state index in [1.165, 1.54) is 12.1 Å². The van der Waals surface area contributed by atoms with Crippen molar-refractivity contribution in [1.82, 2.24) is 0 Å². The Morgan fingerprint density at radius 2 is 1.19 bits per heavy atom. The van der Waals surface area contributed by atoms with E-state index in [2.05, 4.69) is 0 Å². The minimum absolute atomic E-state index is 0.0630. The zero-order valence-corrected chi connectivity index (χ0v) is 21.9. The van der Waals surface area contributed by atoms with Crippen molar-refractivity contribution in [3.05, 3.63) is 102 Å². The summed E-state index contributed by atoms with van der Waals surface area (Å²) in [7, 11) is 0. The Hall–Kier alpha value is -3.53. The molecule has 0 radical (unpaired) electrons. The monoisotopic (exact) mass is 486 g/mol. The number of hydrogen-bond donors (Lipinski definition) is 0. The molecule has 0 saturated carbocycles. The summed E-state index contributed by atoms with van der Waals surface area (Å²) >= 11 is 0. The lowest BCUT2D eigenvalue weighted by molar-refractivity contribution is -0.137. The first-order valence-electron chi connectivity index (χ1n) is 12.5. The molecule has 0 amide bonds. The second kappa shape index (κ2) is 11.0. The smallest absolute Gasteiger partial charge is 0.157 e. The van der Waals surface area contributed by atoms with Crippen molar-refractivity contribution in [2.75, 3.05) is 0 Å². The van der Waals surface area contributed by atoms with Crippen molar-refractivity contribution in [1.29, 1.82) is 0 Å². The van der Waals surface area contributed by atoms with Gasteiger partial charge in [-0.3, -0.25) is 4.79 Å². The molecule has 4 unspecified atom stereocenters. The summed E-state index contributed by atoms with van der Waals surface area (Å²) in [4.78, 5) is 26.6. The Morgan fingerprint density at radius 3 is 1.64 bits per heavy atom. The van der Waals surface area contributed by atoms with Gasteiger partial charge in [0.05, 0.1) is 10.8 Å². The van der Waals surface area contributed by atoms with Crippen molar-refractivity contribution >= 4 is 23.2 Å². The molecule has 188 valence electrons. The molecule has 0 saturated heterocycles. The molecule has 0 spiro atoms. The number of halogens is 1. The van der Waals surface area contributed by atoms with Gasteiger partial charge in [-0.2, -0.15) is 0 Å². The third kappa shape index (κ3) is 4.53. The zero-order valence-electron chi connectivity index (χ0n) is 21.9. The molecule has 0 bridgehead atoms. The number of rotatable bonds is 7. The van der Waals surface area contributed by atoms with Gasteiger partial charge in [0.15, 0.2) is 5.78 Å². The molecule has 3 aromatic rings. The highest BCUT2D eigenvalue weighted by Crippen LogP contribution is 2.61. The van der Waals surface area contributed by atoms with Crippen LogP contribution < -0.4 is 4.74 Å². The first kappa shape index (κ1) is 27.1. The van der Waals surface area contributed by atoms with Crippen LogP contribution in [-0.2, 0) is 9.59 Å². The van der Waals surface area contributed by atoms with E-state index in [1.54, 1.807) is 19.1 Å². The lowest BCUT2D eigenvalue weighted by Crippen LogP contribution is -2.46. The minimum atomic E-state index is -1.06. The van der Waals surface area contributed by atoms with E-state index in [9.17, 15) is 14.0 Å². The van der Waals surface area contributed by atoms with Crippen LogP contribution in [0.15, 0.2) is 84.9 Å². The van der Waals surface area contributed by atoms with Crippen LogP contribution in [0.25, 0.3) is 11.1 Å². The Bertz CT molecular complexity index is 1220. The fourth-order valence-electron chi connectivity index (χ4n) is 5.18. The number of ketones is 1. The van der Waals surface area contributed by atoms with Crippen molar-refractivity contribution in [3.8, 4) is 5.75 Å². The first-order chi connectivity index (χ1) is 17.2. The maximum absolute atomic E-state index is 14.5. The van der Waals surface area contributed by atoms with Crippen LogP contribution in [0, 0.1) is 22.6 Å². The van der Waals surface area contributed by atoms with Crippen LogP contribution in [0.3, 0.4) is 0 Å². The van der Waals surface area contributed by atoms with Gasteiger partial charge in [0, 0.05) is 5.92 Å². The predicted octanol–water partition coefficient (Wildman–Crippen LogP) is 7.66. The van der Waals surface area contributed by atoms with Crippen LogP contribution in [0.2, 0.25) is 0 Å². The van der Waals surface area contributed by atoms with E-state index in [-0.39, 0.29) is 11.6 Å². The number of carbonyl (C=O) groups excluding carboxylic acids is 2. The highest BCUT2D eigenvalue weighted by Gasteiger charge is 2.62. The number of benzene rings is 3. The normalized spacial score (nSPS) is 22.9. The molecule has 1 aliphatic rings. The van der Waals surface area contributed by atoms with Crippen LogP contribution in [0.1, 0.15) is 52.7 Å². The standard InChI is InChI=1S/C30H29FO3.C2H6/c1-20(19-32)29(3)26(22-11-7-5-8-12-22)27(23-13-9-6-10-14-23)30(4,28(29)33)21(2)34-25-17-15-24(31)16-18-25;1-2/h5-21H,1-4H3;1-2H3. The molecule has 3 nitrogen and oxygen atoms in total. The molecule has 4 rings (SSSR count). The van der Waals surface area contributed by atoms with Crippen LogP contribution in [-0.4, -0.2) is 18.2 Å². The lowest BCUT2D eigenvalue weighted by Gasteiger charge is -2.36. The zero-order chi connectivity index (χ0) is 26.5. The largest absolute Gasteiger partial charge is 0.489 e. The van der Waals surface area contributed by atoms with E-state index in [4.69, 9.17) is 4.74 Å². The Labute approximate surface area is 214 Å². The SMILES string of the molecule is CC.CC(C=O)C1(C)C(=O)C(C)(C(C)Oc2ccc(F)cc2)C(c2ccccc2)=C1c1ccccc1. The summed E-state index contributed by atoms with van der Waals surface area (Å²) in [5, 5.41) is 0. The first-order valence-corrected chi connectivity index (χ1v) is 12.5. The van der Waals surface area contributed by atoms with Gasteiger partial charge in [-0.25, -0.2) is 4.39 Å². The molecule has 0 fully saturated rings. The number of carbonyl (C=O) groups is 2. The third-order valence-electron chi connectivity index (χ3n) is 7.41. The molecule has 0 N–H and O–H groups in total. The molecule has 0 aliphatic heterocycles. The average Bonchev–Trinajstić information content (AvgIpc) is 3.11. The summed E-state index contributed by atoms with van der Waals surface area (Å²) in [5.41, 5.74) is 1.41. The molecule has 4 atom stereocenters. The van der Waals surface area contributed by atoms with Crippen molar-refractivity contribution < 1.29 is 18.7 Å². The number of allylic oxidation sites excluding steroid dienone is 1. The van der Waals surface area contributed by atoms with Crippen LogP contribution >= 0.6 is 0 Å². The van der Waals surface area contributed by atoms with E-state index in [0.717, 1.165) is 28.6 Å². The minimum Gasteiger partial charge on any atom is -0.489 e. The van der Waals surface area contributed by atoms with E-state index < -0.39 is 22.9 Å². The summed E-state index contributed by atoms with van der Waals surface area (Å²) in [6.07, 6.45) is 0.279. The highest BCUT2D eigenvalue weighted by atomic mass is 19.1. The van der Waals surface area contributed by atoms with Crippen LogP contribution in [0.5, 0.6) is 5.75 Å². The maximum atomic E-state index is 14.5. The molecule has 4 heteroatoms. The average molecular weight is 487 g/mol. The molecule has 1 aliphatic carbocycles. The van der Waals surface area contributed by atoms with Gasteiger partial charge in [-0.1, -0.05) is 81.4 Å². The van der Waals surface area contributed by atoms with E-state index in [0.29, 0.717) is 5.75 Å². The predicted molar refractivity (Wildman–Crippen MR) is 144 cm³/mol. The van der Waals surface area contributed by atoms with Gasteiger partial charge in [0.2, 0.25) is 0 Å². The van der Waals surface area contributed by atoms with Gasteiger partial charge < -0.3 is 9.53 Å². The highest BCUT2D eigenvalue weighted by molar-refractivity contribution is 6.22. The fourth-order valence-corrected chi connectivity index (χ4v) is 5.18. The van der Waals surface area contributed by atoms with Gasteiger partial charge in [0.25, 0.3) is 0 Å². The molecule has 36 heavy (non-hydrogen) atoms. The number of aldehydes is 1. The Morgan fingerprint density at radius 1 is 0.750 bits per heavy atom. The van der Waals surface area contributed by atoms with Crippen molar-refractivity contribution in [2.24, 2.45) is 16.7 Å². The number of Topliss-reactive ketones (excluding diaryl/α,β-unsaturated/α-hetero) is 1. The molecule has 3 aromatic carbocycles. The second-order valence-electron chi connectivity index (χ2n) is 9.35. The fraction of sp³-hybridized carbons (Fsp3) is 0.312. The molecule has 0 aromatic heterocycles. The van der Waals surface area contributed by atoms with Gasteiger partial charge in [-0.15, -0.1) is 0 Å². The Kier molecular flexibility index (Phi) is 8.29. The third-order valence-corrected chi connectivity index (χ3v) is 7.41.